The maximum atomic E-state index is 13.1. The standard InChI is InChI=1S/C14H19F2NO3S/c15-11-7-12(16)9-13(8-11)21(19,20)17-10-14(18)5-3-1-2-4-6-14/h7-9,17-18H,1-6,10H2. The van der Waals surface area contributed by atoms with E-state index in [9.17, 15) is 22.3 Å². The number of nitrogens with one attached hydrogen (secondary N) is 1. The smallest absolute Gasteiger partial charge is 0.240 e. The van der Waals surface area contributed by atoms with Gasteiger partial charge in [0.15, 0.2) is 0 Å². The lowest BCUT2D eigenvalue weighted by Crippen LogP contribution is -2.42. The number of halogens is 2. The van der Waals surface area contributed by atoms with Crippen molar-refractivity contribution >= 4 is 10.0 Å². The summed E-state index contributed by atoms with van der Waals surface area (Å²) in [6.07, 6.45) is 4.76. The largest absolute Gasteiger partial charge is 0.389 e. The fourth-order valence-corrected chi connectivity index (χ4v) is 3.72. The topological polar surface area (TPSA) is 66.4 Å². The number of aliphatic hydroxyl groups is 1. The van der Waals surface area contributed by atoms with Crippen LogP contribution in [0.25, 0.3) is 0 Å². The number of sulfonamides is 1. The molecule has 4 nitrogen and oxygen atoms in total. The number of hydrogen-bond donors (Lipinski definition) is 2. The molecule has 0 unspecified atom stereocenters. The molecule has 2 N–H and O–H groups in total. The molecule has 21 heavy (non-hydrogen) atoms. The average molecular weight is 319 g/mol. The molecule has 0 spiro atoms. The zero-order valence-electron chi connectivity index (χ0n) is 11.6. The zero-order chi connectivity index (χ0) is 15.5. The van der Waals surface area contributed by atoms with Gasteiger partial charge >= 0.3 is 0 Å². The Morgan fingerprint density at radius 3 is 2.10 bits per heavy atom. The van der Waals surface area contributed by atoms with Gasteiger partial charge in [0.1, 0.15) is 11.6 Å². The van der Waals surface area contributed by atoms with E-state index in [1.807, 2.05) is 0 Å². The van der Waals surface area contributed by atoms with E-state index >= 15 is 0 Å². The summed E-state index contributed by atoms with van der Waals surface area (Å²) in [4.78, 5) is -0.475. The van der Waals surface area contributed by atoms with Crippen LogP contribution in [0.15, 0.2) is 23.1 Å². The van der Waals surface area contributed by atoms with Crippen LogP contribution in [0.2, 0.25) is 0 Å². The van der Waals surface area contributed by atoms with E-state index in [-0.39, 0.29) is 6.54 Å². The minimum Gasteiger partial charge on any atom is -0.389 e. The van der Waals surface area contributed by atoms with E-state index < -0.39 is 32.2 Å². The Hall–Kier alpha value is -1.05. The van der Waals surface area contributed by atoms with Gasteiger partial charge in [-0.05, 0) is 25.0 Å². The quantitative estimate of drug-likeness (QED) is 0.837. The van der Waals surface area contributed by atoms with Crippen molar-refractivity contribution in [3.05, 3.63) is 29.8 Å². The third-order valence-electron chi connectivity index (χ3n) is 3.77. The van der Waals surface area contributed by atoms with Gasteiger partial charge in [0.25, 0.3) is 0 Å². The van der Waals surface area contributed by atoms with Gasteiger partial charge in [-0.25, -0.2) is 21.9 Å². The van der Waals surface area contributed by atoms with Gasteiger partial charge in [-0.1, -0.05) is 25.7 Å². The molecule has 0 atom stereocenters. The predicted molar refractivity (Wildman–Crippen MR) is 74.2 cm³/mol. The highest BCUT2D eigenvalue weighted by molar-refractivity contribution is 7.89. The molecule has 7 heteroatoms. The van der Waals surface area contributed by atoms with Crippen molar-refractivity contribution in [2.45, 2.75) is 49.0 Å². The van der Waals surface area contributed by atoms with E-state index in [2.05, 4.69) is 4.72 Å². The van der Waals surface area contributed by atoms with Crippen LogP contribution in [0.1, 0.15) is 38.5 Å². The van der Waals surface area contributed by atoms with E-state index in [4.69, 9.17) is 0 Å². The molecule has 1 aromatic rings. The second-order valence-electron chi connectivity index (χ2n) is 5.57. The molecule has 1 aromatic carbocycles. The van der Waals surface area contributed by atoms with Crippen molar-refractivity contribution in [1.82, 2.24) is 4.72 Å². The molecule has 118 valence electrons. The monoisotopic (exact) mass is 319 g/mol. The summed E-state index contributed by atoms with van der Waals surface area (Å²) in [5, 5.41) is 10.4. The van der Waals surface area contributed by atoms with E-state index in [1.165, 1.54) is 0 Å². The van der Waals surface area contributed by atoms with Crippen molar-refractivity contribution < 1.29 is 22.3 Å². The molecule has 0 saturated heterocycles. The van der Waals surface area contributed by atoms with Gasteiger partial charge in [-0.15, -0.1) is 0 Å². The van der Waals surface area contributed by atoms with Crippen LogP contribution < -0.4 is 4.72 Å². The molecule has 1 saturated carbocycles. The van der Waals surface area contributed by atoms with Crippen LogP contribution >= 0.6 is 0 Å². The van der Waals surface area contributed by atoms with Gasteiger partial charge in [0.05, 0.1) is 10.5 Å². The lowest BCUT2D eigenvalue weighted by Gasteiger charge is -2.26. The molecule has 2 rings (SSSR count). The van der Waals surface area contributed by atoms with E-state index in [0.29, 0.717) is 18.9 Å². The summed E-state index contributed by atoms with van der Waals surface area (Å²) in [5.74, 6) is -1.91. The first-order valence-corrected chi connectivity index (χ1v) is 8.47. The van der Waals surface area contributed by atoms with Gasteiger partial charge < -0.3 is 5.11 Å². The predicted octanol–water partition coefficient (Wildman–Crippen LogP) is 2.33. The first kappa shape index (κ1) is 16.3. The van der Waals surface area contributed by atoms with Gasteiger partial charge in [0.2, 0.25) is 10.0 Å². The fourth-order valence-electron chi connectivity index (χ4n) is 2.56. The Balaban J connectivity index is 2.10. The molecule has 1 aliphatic carbocycles. The Morgan fingerprint density at radius 1 is 1.05 bits per heavy atom. The molecular weight excluding hydrogens is 300 g/mol. The molecule has 0 aliphatic heterocycles. The summed E-state index contributed by atoms with van der Waals surface area (Å²) < 4.78 is 52.6. The summed E-state index contributed by atoms with van der Waals surface area (Å²) in [6, 6.07) is 2.11. The van der Waals surface area contributed by atoms with Crippen LogP contribution in [0.5, 0.6) is 0 Å². The first-order valence-electron chi connectivity index (χ1n) is 6.99. The molecule has 0 aromatic heterocycles. The van der Waals surface area contributed by atoms with Crippen LogP contribution in [0, 0.1) is 11.6 Å². The van der Waals surface area contributed by atoms with Crippen molar-refractivity contribution in [2.75, 3.05) is 6.54 Å². The summed E-state index contributed by atoms with van der Waals surface area (Å²) >= 11 is 0. The number of benzene rings is 1. The third kappa shape index (κ3) is 4.46. The second-order valence-corrected chi connectivity index (χ2v) is 7.34. The lowest BCUT2D eigenvalue weighted by atomic mass is 9.95. The SMILES string of the molecule is O=S(=O)(NCC1(O)CCCCCC1)c1cc(F)cc(F)c1. The van der Waals surface area contributed by atoms with Crippen molar-refractivity contribution in [3.8, 4) is 0 Å². The minimum absolute atomic E-state index is 0.145. The first-order chi connectivity index (χ1) is 9.81. The molecule has 1 aliphatic rings. The molecule has 1 fully saturated rings. The van der Waals surface area contributed by atoms with Crippen LogP contribution in [0.3, 0.4) is 0 Å². The highest BCUT2D eigenvalue weighted by Crippen LogP contribution is 2.27. The van der Waals surface area contributed by atoms with Gasteiger partial charge in [-0.3, -0.25) is 0 Å². The fraction of sp³-hybridized carbons (Fsp3) is 0.571. The number of hydrogen-bond acceptors (Lipinski definition) is 3. The molecular formula is C14H19F2NO3S. The molecule has 0 heterocycles. The van der Waals surface area contributed by atoms with E-state index in [0.717, 1.165) is 37.8 Å². The molecule has 0 radical (unpaired) electrons. The van der Waals surface area contributed by atoms with Gasteiger partial charge in [-0.2, -0.15) is 0 Å². The normalized spacial score (nSPS) is 19.2. The van der Waals surface area contributed by atoms with E-state index in [1.54, 1.807) is 0 Å². The molecule has 0 bridgehead atoms. The van der Waals surface area contributed by atoms with Gasteiger partial charge in [0, 0.05) is 12.6 Å². The third-order valence-corrected chi connectivity index (χ3v) is 5.15. The van der Waals surface area contributed by atoms with Crippen molar-refractivity contribution in [2.24, 2.45) is 0 Å². The van der Waals surface area contributed by atoms with Crippen molar-refractivity contribution in [3.63, 3.8) is 0 Å². The Morgan fingerprint density at radius 2 is 1.57 bits per heavy atom. The zero-order valence-corrected chi connectivity index (χ0v) is 12.4. The average Bonchev–Trinajstić information content (AvgIpc) is 2.61. The maximum Gasteiger partial charge on any atom is 0.240 e. The Bertz CT molecular complexity index is 576. The Labute approximate surface area is 123 Å². The minimum atomic E-state index is -4.04. The summed E-state index contributed by atoms with van der Waals surface area (Å²) in [5.41, 5.74) is -1.09. The Kier molecular flexibility index (Phi) is 4.95. The summed E-state index contributed by atoms with van der Waals surface area (Å²) in [6.45, 7) is -0.145. The number of rotatable bonds is 4. The maximum absolute atomic E-state index is 13.1. The second kappa shape index (κ2) is 6.37. The highest BCUT2D eigenvalue weighted by Gasteiger charge is 2.30. The van der Waals surface area contributed by atoms with Crippen LogP contribution in [0.4, 0.5) is 8.78 Å². The van der Waals surface area contributed by atoms with Crippen LogP contribution in [-0.4, -0.2) is 25.7 Å². The molecule has 0 amide bonds. The van der Waals surface area contributed by atoms with Crippen LogP contribution in [-0.2, 0) is 10.0 Å². The van der Waals surface area contributed by atoms with Crippen molar-refractivity contribution in [1.29, 1.82) is 0 Å². The summed E-state index contributed by atoms with van der Waals surface area (Å²) in [7, 11) is -4.04. The highest BCUT2D eigenvalue weighted by atomic mass is 32.2. The lowest BCUT2D eigenvalue weighted by molar-refractivity contribution is 0.0303.